The van der Waals surface area contributed by atoms with Crippen LogP contribution in [0.4, 0.5) is 8.78 Å². The Hall–Kier alpha value is -3.19. The molecule has 2 aromatic carbocycles. The molecule has 1 fully saturated rings. The fourth-order valence-electron chi connectivity index (χ4n) is 4.43. The summed E-state index contributed by atoms with van der Waals surface area (Å²) in [4.78, 5) is 23.2. The highest BCUT2D eigenvalue weighted by Gasteiger charge is 2.23. The van der Waals surface area contributed by atoms with Gasteiger partial charge in [0.1, 0.15) is 5.69 Å². The predicted molar refractivity (Wildman–Crippen MR) is 129 cm³/mol. The second kappa shape index (κ2) is 9.97. The van der Waals surface area contributed by atoms with E-state index in [2.05, 4.69) is 20.9 Å². The number of hydrogen-bond acceptors (Lipinski definition) is 4. The molecule has 0 spiro atoms. The van der Waals surface area contributed by atoms with Gasteiger partial charge < -0.3 is 5.73 Å². The SMILES string of the molecule is Cc1cc(C(N)=O)nc(-c2ccc(Cc3ccc(C(C)(F)F)cc3)cc2CN2CCCCC2)n1. The van der Waals surface area contributed by atoms with Crippen LogP contribution in [0.1, 0.15) is 64.6 Å². The first kappa shape index (κ1) is 24.0. The Labute approximate surface area is 199 Å². The highest BCUT2D eigenvalue weighted by atomic mass is 19.3. The Morgan fingerprint density at radius 3 is 2.32 bits per heavy atom. The first-order valence-electron chi connectivity index (χ1n) is 11.7. The normalized spacial score (nSPS) is 14.8. The second-order valence-corrected chi connectivity index (χ2v) is 9.17. The van der Waals surface area contributed by atoms with Gasteiger partial charge in [0.25, 0.3) is 11.8 Å². The number of hydrogen-bond donors (Lipinski definition) is 1. The standard InChI is InChI=1S/C27H30F2N4O/c1-18-14-24(25(30)34)32-26(31-18)23-11-8-20(16-21(23)17-33-12-4-3-5-13-33)15-19-6-9-22(10-7-19)27(2,28)29/h6-11,14,16H,3-5,12-13,15,17H2,1-2H3,(H2,30,34). The third kappa shape index (κ3) is 5.83. The highest BCUT2D eigenvalue weighted by molar-refractivity contribution is 5.91. The number of rotatable bonds is 7. The van der Waals surface area contributed by atoms with Gasteiger partial charge in [-0.25, -0.2) is 18.7 Å². The number of alkyl halides is 2. The van der Waals surface area contributed by atoms with Crippen molar-refractivity contribution in [3.05, 3.63) is 82.2 Å². The van der Waals surface area contributed by atoms with Crippen molar-refractivity contribution < 1.29 is 13.6 Å². The summed E-state index contributed by atoms with van der Waals surface area (Å²) in [5.41, 5.74) is 10.4. The van der Waals surface area contributed by atoms with E-state index in [1.54, 1.807) is 18.2 Å². The summed E-state index contributed by atoms with van der Waals surface area (Å²) in [5.74, 6) is -2.94. The van der Waals surface area contributed by atoms with Crippen LogP contribution in [0.3, 0.4) is 0 Å². The summed E-state index contributed by atoms with van der Waals surface area (Å²) in [5, 5.41) is 0. The van der Waals surface area contributed by atoms with Crippen molar-refractivity contribution in [3.8, 4) is 11.4 Å². The van der Waals surface area contributed by atoms with Crippen LogP contribution in [0, 0.1) is 6.92 Å². The molecule has 0 bridgehead atoms. The number of piperidine rings is 1. The van der Waals surface area contributed by atoms with Gasteiger partial charge in [0.2, 0.25) is 0 Å². The van der Waals surface area contributed by atoms with Crippen molar-refractivity contribution >= 4 is 5.91 Å². The molecule has 0 radical (unpaired) electrons. The Kier molecular flexibility index (Phi) is 7.03. The number of carbonyl (C=O) groups excluding carboxylic acids is 1. The number of aromatic nitrogens is 2. The third-order valence-corrected chi connectivity index (χ3v) is 6.23. The van der Waals surface area contributed by atoms with Crippen LogP contribution in [-0.4, -0.2) is 33.9 Å². The van der Waals surface area contributed by atoms with Gasteiger partial charge in [-0.15, -0.1) is 0 Å². The Balaban J connectivity index is 1.67. The van der Waals surface area contributed by atoms with Crippen LogP contribution in [0.2, 0.25) is 0 Å². The Morgan fingerprint density at radius 1 is 1.00 bits per heavy atom. The van der Waals surface area contributed by atoms with Gasteiger partial charge in [0.05, 0.1) is 0 Å². The number of benzene rings is 2. The van der Waals surface area contributed by atoms with Crippen molar-refractivity contribution in [1.82, 2.24) is 14.9 Å². The van der Waals surface area contributed by atoms with Gasteiger partial charge in [-0.05, 0) is 62.0 Å². The van der Waals surface area contributed by atoms with Crippen LogP contribution < -0.4 is 5.73 Å². The van der Waals surface area contributed by atoms with Gasteiger partial charge >= 0.3 is 0 Å². The van der Waals surface area contributed by atoms with Crippen LogP contribution in [0.5, 0.6) is 0 Å². The van der Waals surface area contributed by atoms with E-state index in [1.165, 1.54) is 31.4 Å². The van der Waals surface area contributed by atoms with Crippen LogP contribution in [-0.2, 0) is 18.9 Å². The molecular formula is C27H30F2N4O. The lowest BCUT2D eigenvalue weighted by atomic mass is 9.96. The topological polar surface area (TPSA) is 72.1 Å². The molecule has 1 aromatic heterocycles. The van der Waals surface area contributed by atoms with E-state index in [1.807, 2.05) is 19.1 Å². The van der Waals surface area contributed by atoms with Crippen molar-refractivity contribution in [1.29, 1.82) is 0 Å². The molecule has 0 saturated carbocycles. The van der Waals surface area contributed by atoms with Gasteiger partial charge in [0.15, 0.2) is 5.82 Å². The molecule has 0 unspecified atom stereocenters. The smallest absolute Gasteiger partial charge is 0.270 e. The minimum Gasteiger partial charge on any atom is -0.364 e. The largest absolute Gasteiger partial charge is 0.364 e. The number of primary amides is 1. The highest BCUT2D eigenvalue weighted by Crippen LogP contribution is 2.29. The molecule has 1 saturated heterocycles. The fourth-order valence-corrected chi connectivity index (χ4v) is 4.43. The number of amides is 1. The molecule has 3 aromatic rings. The summed E-state index contributed by atoms with van der Waals surface area (Å²) in [6.07, 6.45) is 4.23. The van der Waals surface area contributed by atoms with E-state index < -0.39 is 11.8 Å². The van der Waals surface area contributed by atoms with E-state index in [0.717, 1.165) is 48.8 Å². The first-order chi connectivity index (χ1) is 16.2. The van der Waals surface area contributed by atoms with Gasteiger partial charge in [-0.3, -0.25) is 9.69 Å². The van der Waals surface area contributed by atoms with Gasteiger partial charge in [-0.1, -0.05) is 48.9 Å². The number of halogens is 2. The van der Waals surface area contributed by atoms with E-state index in [4.69, 9.17) is 5.73 Å². The molecule has 5 nitrogen and oxygen atoms in total. The predicted octanol–water partition coefficient (Wildman–Crippen LogP) is 5.24. The van der Waals surface area contributed by atoms with Crippen LogP contribution in [0.15, 0.2) is 48.5 Å². The zero-order chi connectivity index (χ0) is 24.3. The molecular weight excluding hydrogens is 434 g/mol. The summed E-state index contributed by atoms with van der Waals surface area (Å²) in [7, 11) is 0. The molecule has 4 rings (SSSR count). The van der Waals surface area contributed by atoms with Crippen molar-refractivity contribution in [2.75, 3.05) is 13.1 Å². The van der Waals surface area contributed by atoms with E-state index in [0.29, 0.717) is 17.9 Å². The van der Waals surface area contributed by atoms with Gasteiger partial charge in [0, 0.05) is 30.3 Å². The molecule has 178 valence electrons. The molecule has 1 aliphatic heterocycles. The summed E-state index contributed by atoms with van der Waals surface area (Å²) < 4.78 is 27.1. The molecule has 2 N–H and O–H groups in total. The first-order valence-corrected chi connectivity index (χ1v) is 11.7. The second-order valence-electron chi connectivity index (χ2n) is 9.17. The maximum atomic E-state index is 13.6. The number of carbonyl (C=O) groups is 1. The lowest BCUT2D eigenvalue weighted by Crippen LogP contribution is -2.29. The minimum atomic E-state index is -2.85. The lowest BCUT2D eigenvalue weighted by molar-refractivity contribution is 0.0174. The van der Waals surface area contributed by atoms with E-state index in [9.17, 15) is 13.6 Å². The zero-order valence-electron chi connectivity index (χ0n) is 19.7. The molecule has 34 heavy (non-hydrogen) atoms. The Bertz CT molecular complexity index is 1170. The van der Waals surface area contributed by atoms with Gasteiger partial charge in [-0.2, -0.15) is 0 Å². The molecule has 7 heteroatoms. The quantitative estimate of drug-likeness (QED) is 0.519. The number of likely N-dealkylation sites (tertiary alicyclic amines) is 1. The maximum absolute atomic E-state index is 13.6. The molecule has 1 aliphatic rings. The molecule has 0 aliphatic carbocycles. The molecule has 2 heterocycles. The fraction of sp³-hybridized carbons (Fsp3) is 0.370. The summed E-state index contributed by atoms with van der Waals surface area (Å²) in [6.45, 7) is 5.56. The van der Waals surface area contributed by atoms with E-state index in [-0.39, 0.29) is 11.3 Å². The number of aryl methyl sites for hydroxylation is 1. The van der Waals surface area contributed by atoms with Crippen LogP contribution >= 0.6 is 0 Å². The van der Waals surface area contributed by atoms with Crippen molar-refractivity contribution in [3.63, 3.8) is 0 Å². The van der Waals surface area contributed by atoms with Crippen molar-refractivity contribution in [2.24, 2.45) is 5.73 Å². The maximum Gasteiger partial charge on any atom is 0.270 e. The lowest BCUT2D eigenvalue weighted by Gasteiger charge is -2.27. The zero-order valence-corrected chi connectivity index (χ0v) is 19.7. The minimum absolute atomic E-state index is 0.0132. The molecule has 1 amide bonds. The monoisotopic (exact) mass is 464 g/mol. The van der Waals surface area contributed by atoms with Crippen molar-refractivity contribution in [2.45, 2.75) is 52.0 Å². The van der Waals surface area contributed by atoms with E-state index >= 15 is 0 Å². The average molecular weight is 465 g/mol. The Morgan fingerprint density at radius 2 is 1.68 bits per heavy atom. The third-order valence-electron chi connectivity index (χ3n) is 6.23. The number of nitrogens with two attached hydrogens (primary N) is 1. The number of nitrogens with zero attached hydrogens (tertiary/aromatic N) is 3. The summed E-state index contributed by atoms with van der Waals surface area (Å²) in [6, 6.07) is 14.2. The summed E-state index contributed by atoms with van der Waals surface area (Å²) >= 11 is 0. The molecule has 0 atom stereocenters. The van der Waals surface area contributed by atoms with Crippen LogP contribution in [0.25, 0.3) is 11.4 Å². The average Bonchev–Trinajstić information content (AvgIpc) is 2.79.